The Morgan fingerprint density at radius 1 is 1.20 bits per heavy atom. The third-order valence-corrected chi connectivity index (χ3v) is 4.97. The SMILES string of the molecule is CCOC1CC(NCCCCC(F)(F)F)C12CCCC2. The van der Waals surface area contributed by atoms with Crippen LogP contribution in [-0.2, 0) is 4.74 Å². The van der Waals surface area contributed by atoms with Gasteiger partial charge in [0.1, 0.15) is 0 Å². The fraction of sp³-hybridized carbons (Fsp3) is 1.00. The van der Waals surface area contributed by atoms with Gasteiger partial charge in [0.25, 0.3) is 0 Å². The van der Waals surface area contributed by atoms with Crippen molar-refractivity contribution in [1.29, 1.82) is 0 Å². The van der Waals surface area contributed by atoms with Crippen LogP contribution in [0, 0.1) is 5.41 Å². The lowest BCUT2D eigenvalue weighted by atomic mass is 9.60. The van der Waals surface area contributed by atoms with Crippen LogP contribution in [0.2, 0.25) is 0 Å². The smallest absolute Gasteiger partial charge is 0.378 e. The Morgan fingerprint density at radius 2 is 1.90 bits per heavy atom. The van der Waals surface area contributed by atoms with Gasteiger partial charge in [-0.3, -0.25) is 0 Å². The topological polar surface area (TPSA) is 21.3 Å². The summed E-state index contributed by atoms with van der Waals surface area (Å²) in [6, 6.07) is 0.451. The fourth-order valence-corrected chi connectivity index (χ4v) is 3.90. The molecular weight excluding hydrogens is 267 g/mol. The molecule has 0 heterocycles. The van der Waals surface area contributed by atoms with E-state index in [0.29, 0.717) is 25.1 Å². The summed E-state index contributed by atoms with van der Waals surface area (Å²) in [5, 5.41) is 3.48. The number of ether oxygens (including phenoxy) is 1. The van der Waals surface area contributed by atoms with Gasteiger partial charge >= 0.3 is 6.18 Å². The Bertz CT molecular complexity index is 300. The van der Waals surface area contributed by atoms with E-state index in [1.807, 2.05) is 6.92 Å². The molecular formula is C15H26F3NO. The lowest BCUT2D eigenvalue weighted by molar-refractivity contribution is -0.136. The summed E-state index contributed by atoms with van der Waals surface area (Å²) >= 11 is 0. The summed E-state index contributed by atoms with van der Waals surface area (Å²) in [6.45, 7) is 3.48. The summed E-state index contributed by atoms with van der Waals surface area (Å²) in [6.07, 6.45) is 2.47. The molecule has 0 saturated heterocycles. The van der Waals surface area contributed by atoms with E-state index in [1.54, 1.807) is 0 Å². The zero-order valence-electron chi connectivity index (χ0n) is 12.3. The molecule has 0 aromatic carbocycles. The summed E-state index contributed by atoms with van der Waals surface area (Å²) in [5.74, 6) is 0. The van der Waals surface area contributed by atoms with Crippen LogP contribution in [0.15, 0.2) is 0 Å². The Morgan fingerprint density at radius 3 is 2.50 bits per heavy atom. The van der Waals surface area contributed by atoms with Gasteiger partial charge in [0.15, 0.2) is 0 Å². The number of nitrogens with one attached hydrogen (secondary N) is 1. The Balaban J connectivity index is 1.68. The van der Waals surface area contributed by atoms with Gasteiger partial charge in [-0.1, -0.05) is 12.8 Å². The molecule has 1 N–H and O–H groups in total. The van der Waals surface area contributed by atoms with Gasteiger partial charge in [-0.05, 0) is 45.6 Å². The van der Waals surface area contributed by atoms with Crippen molar-refractivity contribution in [3.63, 3.8) is 0 Å². The van der Waals surface area contributed by atoms with Crippen molar-refractivity contribution in [3.8, 4) is 0 Å². The van der Waals surface area contributed by atoms with Crippen LogP contribution in [0.4, 0.5) is 13.2 Å². The van der Waals surface area contributed by atoms with Crippen molar-refractivity contribution in [2.75, 3.05) is 13.2 Å². The average molecular weight is 293 g/mol. The maximum absolute atomic E-state index is 12.1. The van der Waals surface area contributed by atoms with E-state index in [4.69, 9.17) is 4.74 Å². The highest BCUT2D eigenvalue weighted by Crippen LogP contribution is 2.54. The zero-order valence-corrected chi connectivity index (χ0v) is 12.3. The molecule has 2 saturated carbocycles. The van der Waals surface area contributed by atoms with Crippen LogP contribution < -0.4 is 5.32 Å². The Hall–Kier alpha value is -0.290. The molecule has 1 spiro atoms. The molecule has 2 rings (SSSR count). The highest BCUT2D eigenvalue weighted by Gasteiger charge is 2.56. The van der Waals surface area contributed by atoms with Gasteiger partial charge in [-0.25, -0.2) is 0 Å². The van der Waals surface area contributed by atoms with Crippen molar-refractivity contribution in [3.05, 3.63) is 0 Å². The molecule has 5 heteroatoms. The van der Waals surface area contributed by atoms with Crippen LogP contribution in [0.5, 0.6) is 0 Å². The molecule has 2 fully saturated rings. The number of hydrogen-bond acceptors (Lipinski definition) is 2. The minimum atomic E-state index is -4.01. The van der Waals surface area contributed by atoms with Crippen molar-refractivity contribution in [1.82, 2.24) is 5.32 Å². The van der Waals surface area contributed by atoms with Gasteiger partial charge in [-0.15, -0.1) is 0 Å². The van der Waals surface area contributed by atoms with Crippen LogP contribution in [0.3, 0.4) is 0 Å². The van der Waals surface area contributed by atoms with Gasteiger partial charge in [0, 0.05) is 24.5 Å². The molecule has 0 aromatic heterocycles. The molecule has 118 valence electrons. The quantitative estimate of drug-likeness (QED) is 0.715. The first kappa shape index (κ1) is 16.1. The second-order valence-corrected chi connectivity index (χ2v) is 6.20. The molecule has 0 aromatic rings. The molecule has 2 atom stereocenters. The monoisotopic (exact) mass is 293 g/mol. The van der Waals surface area contributed by atoms with E-state index < -0.39 is 12.6 Å². The minimum Gasteiger partial charge on any atom is -0.378 e. The second-order valence-electron chi connectivity index (χ2n) is 6.20. The number of alkyl halides is 3. The van der Waals surface area contributed by atoms with E-state index in [9.17, 15) is 13.2 Å². The highest BCUT2D eigenvalue weighted by molar-refractivity contribution is 5.09. The van der Waals surface area contributed by atoms with Crippen molar-refractivity contribution in [2.24, 2.45) is 5.41 Å². The standard InChI is InChI=1S/C15H26F3NO/c1-2-20-13-11-12(14(13)7-3-4-8-14)19-10-6-5-9-15(16,17)18/h12-13,19H,2-11H2,1H3. The maximum Gasteiger partial charge on any atom is 0.389 e. The van der Waals surface area contributed by atoms with Gasteiger partial charge in [-0.2, -0.15) is 13.2 Å². The molecule has 2 unspecified atom stereocenters. The first-order valence-electron chi connectivity index (χ1n) is 7.90. The molecule has 0 aliphatic heterocycles. The molecule has 2 aliphatic carbocycles. The third kappa shape index (κ3) is 3.67. The number of hydrogen-bond donors (Lipinski definition) is 1. The lowest BCUT2D eigenvalue weighted by Crippen LogP contribution is -2.62. The van der Waals surface area contributed by atoms with E-state index in [2.05, 4.69) is 5.32 Å². The van der Waals surface area contributed by atoms with Crippen molar-refractivity contribution >= 4 is 0 Å². The summed E-state index contributed by atoms with van der Waals surface area (Å²) in [5.41, 5.74) is 0.278. The van der Waals surface area contributed by atoms with Gasteiger partial charge in [0.05, 0.1) is 6.10 Å². The van der Waals surface area contributed by atoms with Crippen LogP contribution in [0.1, 0.15) is 58.3 Å². The van der Waals surface area contributed by atoms with Crippen LogP contribution in [0.25, 0.3) is 0 Å². The summed E-state index contributed by atoms with van der Waals surface area (Å²) in [7, 11) is 0. The van der Waals surface area contributed by atoms with E-state index in [1.165, 1.54) is 25.7 Å². The molecule has 20 heavy (non-hydrogen) atoms. The van der Waals surface area contributed by atoms with Crippen molar-refractivity contribution < 1.29 is 17.9 Å². The Kier molecular flexibility index (Phi) is 5.35. The molecule has 0 radical (unpaired) electrons. The summed E-state index contributed by atoms with van der Waals surface area (Å²) < 4.78 is 42.0. The van der Waals surface area contributed by atoms with E-state index >= 15 is 0 Å². The highest BCUT2D eigenvalue weighted by atomic mass is 19.4. The van der Waals surface area contributed by atoms with Crippen LogP contribution >= 0.6 is 0 Å². The Labute approximate surface area is 119 Å². The number of rotatable bonds is 7. The molecule has 2 nitrogen and oxygen atoms in total. The van der Waals surface area contributed by atoms with E-state index in [-0.39, 0.29) is 11.8 Å². The normalized spacial score (nSPS) is 28.8. The number of unbranched alkanes of at least 4 members (excludes halogenated alkanes) is 1. The van der Waals surface area contributed by atoms with Crippen molar-refractivity contribution in [2.45, 2.75) is 76.6 Å². The predicted molar refractivity (Wildman–Crippen MR) is 72.6 cm³/mol. The zero-order chi connectivity index (χ0) is 14.6. The molecule has 2 aliphatic rings. The maximum atomic E-state index is 12.1. The first-order valence-corrected chi connectivity index (χ1v) is 7.90. The molecule has 0 bridgehead atoms. The third-order valence-electron chi connectivity index (χ3n) is 4.97. The minimum absolute atomic E-state index is 0.227. The lowest BCUT2D eigenvalue weighted by Gasteiger charge is -2.54. The number of halogens is 3. The van der Waals surface area contributed by atoms with E-state index in [0.717, 1.165) is 13.0 Å². The van der Waals surface area contributed by atoms with Gasteiger partial charge < -0.3 is 10.1 Å². The average Bonchev–Trinajstić information content (AvgIpc) is 2.87. The molecule has 0 amide bonds. The fourth-order valence-electron chi connectivity index (χ4n) is 3.90. The largest absolute Gasteiger partial charge is 0.389 e. The first-order chi connectivity index (χ1) is 9.48. The van der Waals surface area contributed by atoms with Crippen LogP contribution in [-0.4, -0.2) is 31.5 Å². The second kappa shape index (κ2) is 6.65. The predicted octanol–water partition coefficient (Wildman–Crippen LogP) is 4.05. The summed E-state index contributed by atoms with van der Waals surface area (Å²) in [4.78, 5) is 0. The van der Waals surface area contributed by atoms with Gasteiger partial charge in [0.2, 0.25) is 0 Å².